The average molecular weight is 716 g/mol. The number of nitrogens with zero attached hydrogens (tertiary/aromatic N) is 4. The van der Waals surface area contributed by atoms with Gasteiger partial charge in [-0.05, 0) is 78.1 Å². The van der Waals surface area contributed by atoms with E-state index < -0.39 is 23.4 Å². The van der Waals surface area contributed by atoms with Crippen LogP contribution >= 0.6 is 0 Å². The Labute approximate surface area is 306 Å². The summed E-state index contributed by atoms with van der Waals surface area (Å²) < 4.78 is 38.1. The van der Waals surface area contributed by atoms with Crippen LogP contribution in [0, 0.1) is 29.9 Å². The highest BCUT2D eigenvalue weighted by molar-refractivity contribution is 6.09. The molecule has 3 heterocycles. The molecule has 1 aromatic heterocycles. The predicted molar refractivity (Wildman–Crippen MR) is 197 cm³/mol. The van der Waals surface area contributed by atoms with Crippen molar-refractivity contribution in [1.29, 1.82) is 5.26 Å². The summed E-state index contributed by atoms with van der Waals surface area (Å²) in [4.78, 5) is 33.1. The molecule has 0 spiro atoms. The number of morpholine rings is 1. The second kappa shape index (κ2) is 15.0. The van der Waals surface area contributed by atoms with Gasteiger partial charge in [0.2, 0.25) is 0 Å². The van der Waals surface area contributed by atoms with E-state index in [0.717, 1.165) is 36.3 Å². The Morgan fingerprint density at radius 2 is 1.64 bits per heavy atom. The molecule has 4 aromatic carbocycles. The van der Waals surface area contributed by atoms with Crippen molar-refractivity contribution in [2.45, 2.75) is 32.4 Å². The summed E-state index contributed by atoms with van der Waals surface area (Å²) >= 11 is 0. The van der Waals surface area contributed by atoms with Crippen LogP contribution in [0.5, 0.6) is 5.75 Å². The molecule has 11 heteroatoms. The minimum absolute atomic E-state index is 0.0313. The standard InChI is InChI=1S/C42H39F2N5O4/c1-26-39(41(51)46-31-11-13-33(50)14-12-31)36(20-28-8-3-5-9-29(28)23-45)40(47(26)2)34-21-37(43)38(44)22-35(34)42(52)49-24-30-10-6-4-7-27(30)19-32(49)25-48-15-17-53-18-16-48/h3-14,21-22,32,50H,15-20,24-25H2,1-2H3,(H,46,51)/t32-/m0/s1. The van der Waals surface area contributed by atoms with Gasteiger partial charge in [0.05, 0.1) is 41.7 Å². The van der Waals surface area contributed by atoms with Crippen LogP contribution < -0.4 is 5.32 Å². The van der Waals surface area contributed by atoms with Crippen LogP contribution in [-0.4, -0.2) is 70.2 Å². The summed E-state index contributed by atoms with van der Waals surface area (Å²) in [5.41, 5.74) is 5.26. The van der Waals surface area contributed by atoms with E-state index in [9.17, 15) is 20.0 Å². The van der Waals surface area contributed by atoms with Gasteiger partial charge in [-0.2, -0.15) is 5.26 Å². The lowest BCUT2D eigenvalue weighted by atomic mass is 9.90. The van der Waals surface area contributed by atoms with E-state index in [1.807, 2.05) is 18.2 Å². The number of anilines is 1. The topological polar surface area (TPSA) is 111 Å². The quantitative estimate of drug-likeness (QED) is 0.175. The van der Waals surface area contributed by atoms with E-state index in [0.29, 0.717) is 59.9 Å². The first-order valence-corrected chi connectivity index (χ1v) is 17.6. The molecular formula is C42H39F2N5O4. The normalized spacial score (nSPS) is 15.8. The average Bonchev–Trinajstić information content (AvgIpc) is 3.41. The van der Waals surface area contributed by atoms with Gasteiger partial charge >= 0.3 is 0 Å². The van der Waals surface area contributed by atoms with Gasteiger partial charge in [0.15, 0.2) is 11.6 Å². The number of nitriles is 1. The Morgan fingerprint density at radius 3 is 2.38 bits per heavy atom. The number of benzene rings is 4. The fraction of sp³-hybridized carbons (Fsp3) is 0.262. The molecule has 9 nitrogen and oxygen atoms in total. The first kappa shape index (κ1) is 35.6. The molecule has 5 aromatic rings. The first-order chi connectivity index (χ1) is 25.6. The predicted octanol–water partition coefficient (Wildman–Crippen LogP) is 6.60. The summed E-state index contributed by atoms with van der Waals surface area (Å²) in [7, 11) is 1.72. The number of ether oxygens (including phenoxy) is 1. The minimum Gasteiger partial charge on any atom is -0.508 e. The molecular weight excluding hydrogens is 676 g/mol. The Balaban J connectivity index is 1.37. The zero-order chi connectivity index (χ0) is 37.2. The molecule has 2 amide bonds. The van der Waals surface area contributed by atoms with Crippen molar-refractivity contribution in [3.8, 4) is 23.1 Å². The summed E-state index contributed by atoms with van der Waals surface area (Å²) in [6, 6.07) is 24.9. The number of rotatable bonds is 8. The highest BCUT2D eigenvalue weighted by atomic mass is 19.2. The third-order valence-electron chi connectivity index (χ3n) is 10.4. The molecule has 53 heavy (non-hydrogen) atoms. The van der Waals surface area contributed by atoms with Crippen LogP contribution in [0.3, 0.4) is 0 Å². The Hall–Kier alpha value is -5.83. The van der Waals surface area contributed by atoms with Crippen LogP contribution in [-0.2, 0) is 31.2 Å². The summed E-state index contributed by atoms with van der Waals surface area (Å²) in [5.74, 6) is -3.19. The number of hydrogen-bond donors (Lipinski definition) is 2. The van der Waals surface area contributed by atoms with E-state index in [-0.39, 0.29) is 41.4 Å². The molecule has 0 bridgehead atoms. The lowest BCUT2D eigenvalue weighted by molar-refractivity contribution is 0.0193. The number of carbonyl (C=O) groups excluding carboxylic acids is 2. The van der Waals surface area contributed by atoms with E-state index >= 15 is 8.78 Å². The van der Waals surface area contributed by atoms with E-state index in [1.165, 1.54) is 12.1 Å². The molecule has 1 saturated heterocycles. The number of hydrogen-bond acceptors (Lipinski definition) is 6. The van der Waals surface area contributed by atoms with Crippen LogP contribution in [0.2, 0.25) is 0 Å². The molecule has 2 N–H and O–H groups in total. The second-order valence-electron chi connectivity index (χ2n) is 13.6. The van der Waals surface area contributed by atoms with Crippen molar-refractivity contribution in [2.24, 2.45) is 7.05 Å². The maximum Gasteiger partial charge on any atom is 0.257 e. The highest BCUT2D eigenvalue weighted by Gasteiger charge is 2.35. The maximum absolute atomic E-state index is 15.5. The van der Waals surface area contributed by atoms with Gasteiger partial charge in [-0.3, -0.25) is 14.5 Å². The highest BCUT2D eigenvalue weighted by Crippen LogP contribution is 2.38. The van der Waals surface area contributed by atoms with E-state index in [4.69, 9.17) is 4.74 Å². The Kier molecular flexibility index (Phi) is 10.1. The van der Waals surface area contributed by atoms with Gasteiger partial charge < -0.3 is 24.6 Å². The van der Waals surface area contributed by atoms with Gasteiger partial charge in [0, 0.05) is 62.6 Å². The fourth-order valence-electron chi connectivity index (χ4n) is 7.55. The number of amides is 2. The molecule has 2 aliphatic rings. The molecule has 7 rings (SSSR count). The molecule has 0 radical (unpaired) electrons. The number of phenols is 1. The van der Waals surface area contributed by atoms with Crippen molar-refractivity contribution in [2.75, 3.05) is 38.2 Å². The van der Waals surface area contributed by atoms with E-state index in [2.05, 4.69) is 22.4 Å². The maximum atomic E-state index is 15.5. The minimum atomic E-state index is -1.16. The molecule has 2 aliphatic heterocycles. The number of phenolic OH excluding ortho intramolecular Hbond substituents is 1. The Bertz CT molecular complexity index is 2240. The molecule has 270 valence electrons. The number of aromatic nitrogens is 1. The number of carbonyl (C=O) groups is 2. The van der Waals surface area contributed by atoms with Gasteiger partial charge in [0.1, 0.15) is 5.75 Å². The summed E-state index contributed by atoms with van der Waals surface area (Å²) in [5, 5.41) is 22.6. The smallest absolute Gasteiger partial charge is 0.257 e. The summed E-state index contributed by atoms with van der Waals surface area (Å²) in [6.07, 6.45) is 0.682. The van der Waals surface area contributed by atoms with E-state index in [1.54, 1.807) is 59.8 Å². The van der Waals surface area contributed by atoms with Crippen molar-refractivity contribution < 1.29 is 28.2 Å². The zero-order valence-electron chi connectivity index (χ0n) is 29.5. The van der Waals surface area contributed by atoms with Gasteiger partial charge in [-0.25, -0.2) is 8.78 Å². The molecule has 0 aliphatic carbocycles. The third kappa shape index (κ3) is 7.16. The van der Waals surface area contributed by atoms with Crippen molar-refractivity contribution in [3.63, 3.8) is 0 Å². The SMILES string of the molecule is Cc1c(C(=O)Nc2ccc(O)cc2)c(Cc2ccccc2C#N)c(-c2cc(F)c(F)cc2C(=O)N2Cc3ccccc3C[C@H]2CN2CCOCC2)n1C. The first-order valence-electron chi connectivity index (χ1n) is 17.6. The largest absolute Gasteiger partial charge is 0.508 e. The zero-order valence-corrected chi connectivity index (χ0v) is 29.5. The summed E-state index contributed by atoms with van der Waals surface area (Å²) in [6.45, 7) is 5.26. The molecule has 1 fully saturated rings. The van der Waals surface area contributed by atoms with Crippen LogP contribution in [0.15, 0.2) is 84.9 Å². The van der Waals surface area contributed by atoms with Gasteiger partial charge in [-0.15, -0.1) is 0 Å². The monoisotopic (exact) mass is 715 g/mol. The van der Waals surface area contributed by atoms with Crippen LogP contribution in [0.25, 0.3) is 11.3 Å². The molecule has 0 saturated carbocycles. The number of nitrogens with one attached hydrogen (secondary N) is 1. The lowest BCUT2D eigenvalue weighted by Crippen LogP contribution is -2.52. The fourth-order valence-corrected chi connectivity index (χ4v) is 7.55. The lowest BCUT2D eigenvalue weighted by Gasteiger charge is -2.40. The molecule has 0 unspecified atom stereocenters. The van der Waals surface area contributed by atoms with Crippen molar-refractivity contribution >= 4 is 17.5 Å². The number of aromatic hydroxyl groups is 1. The molecule has 1 atom stereocenters. The number of halogens is 2. The van der Waals surface area contributed by atoms with Gasteiger partial charge in [0.25, 0.3) is 11.8 Å². The third-order valence-corrected chi connectivity index (χ3v) is 10.4. The van der Waals surface area contributed by atoms with Crippen molar-refractivity contribution in [3.05, 3.63) is 141 Å². The van der Waals surface area contributed by atoms with Crippen molar-refractivity contribution in [1.82, 2.24) is 14.4 Å². The van der Waals surface area contributed by atoms with Crippen LogP contribution in [0.1, 0.15) is 54.2 Å². The second-order valence-corrected chi connectivity index (χ2v) is 13.6. The Morgan fingerprint density at radius 1 is 0.962 bits per heavy atom. The van der Waals surface area contributed by atoms with Crippen LogP contribution in [0.4, 0.5) is 14.5 Å². The van der Waals surface area contributed by atoms with Gasteiger partial charge in [-0.1, -0.05) is 42.5 Å². The number of fused-ring (bicyclic) bond motifs is 1.